The Balaban J connectivity index is 1.43. The van der Waals surface area contributed by atoms with Crippen molar-refractivity contribution in [2.75, 3.05) is 18.5 Å². The van der Waals surface area contributed by atoms with Crippen LogP contribution in [0, 0.1) is 5.92 Å². The molecule has 0 radical (unpaired) electrons. The average molecular weight is 670 g/mol. The fourth-order valence-corrected chi connectivity index (χ4v) is 6.85. The van der Waals surface area contributed by atoms with Crippen LogP contribution in [0.25, 0.3) is 0 Å². The molecule has 1 aromatic carbocycles. The number of piperidine rings is 1. The summed E-state index contributed by atoms with van der Waals surface area (Å²) in [6.07, 6.45) is 3.12. The number of hydrogen-bond donors (Lipinski definition) is 3. The second kappa shape index (κ2) is 14.9. The van der Waals surface area contributed by atoms with E-state index < -0.39 is 35.3 Å². The summed E-state index contributed by atoms with van der Waals surface area (Å²) in [5, 5.41) is 8.90. The van der Waals surface area contributed by atoms with Crippen LogP contribution in [0.4, 0.5) is 15.3 Å². The molecule has 13 nitrogen and oxygen atoms in total. The molecule has 6 amide bonds. The zero-order valence-electron chi connectivity index (χ0n) is 29.3. The van der Waals surface area contributed by atoms with E-state index in [4.69, 9.17) is 9.47 Å². The van der Waals surface area contributed by atoms with E-state index in [1.54, 1.807) is 52.5 Å². The Labute approximate surface area is 282 Å². The number of benzene rings is 1. The van der Waals surface area contributed by atoms with Crippen LogP contribution >= 0.6 is 0 Å². The third-order valence-corrected chi connectivity index (χ3v) is 8.88. The van der Waals surface area contributed by atoms with Crippen LogP contribution in [0.5, 0.6) is 0 Å². The predicted octanol–water partition coefficient (Wildman–Crippen LogP) is 5.05. The van der Waals surface area contributed by atoms with Crippen molar-refractivity contribution in [3.05, 3.63) is 29.3 Å². The van der Waals surface area contributed by atoms with Gasteiger partial charge >= 0.3 is 12.2 Å². The van der Waals surface area contributed by atoms with Crippen molar-refractivity contribution in [1.82, 2.24) is 20.4 Å². The number of nitrogens with zero attached hydrogens (tertiary/aromatic N) is 2. The number of fused-ring (bicyclic) bond motifs is 1. The van der Waals surface area contributed by atoms with Gasteiger partial charge in [0.05, 0.1) is 12.6 Å². The Kier molecular flexibility index (Phi) is 11.4. The van der Waals surface area contributed by atoms with E-state index in [2.05, 4.69) is 16.0 Å². The summed E-state index contributed by atoms with van der Waals surface area (Å²) in [5.41, 5.74) is 0.578. The Morgan fingerprint density at radius 3 is 2.25 bits per heavy atom. The maximum Gasteiger partial charge on any atom is 0.420 e. The third-order valence-electron chi connectivity index (χ3n) is 8.88. The van der Waals surface area contributed by atoms with Crippen LogP contribution in [-0.4, -0.2) is 82.0 Å². The molecule has 4 rings (SSSR count). The zero-order chi connectivity index (χ0) is 35.4. The van der Waals surface area contributed by atoms with Crippen molar-refractivity contribution in [2.45, 2.75) is 129 Å². The quantitative estimate of drug-likeness (QED) is 0.241. The topological polar surface area (TPSA) is 163 Å². The number of nitrogens with one attached hydrogen (secondary N) is 3. The second-order valence-electron chi connectivity index (χ2n) is 14.9. The number of unbranched alkanes of at least 4 members (excludes halogenated alkanes) is 1. The van der Waals surface area contributed by atoms with Gasteiger partial charge in [-0.3, -0.25) is 24.5 Å². The number of ether oxygens (including phenoxy) is 2. The lowest BCUT2D eigenvalue weighted by molar-refractivity contribution is -0.137. The molecule has 2 atom stereocenters. The van der Waals surface area contributed by atoms with Gasteiger partial charge in [-0.15, -0.1) is 0 Å². The number of imide groups is 2. The van der Waals surface area contributed by atoms with Gasteiger partial charge in [0.25, 0.3) is 5.91 Å². The maximum atomic E-state index is 14.0. The van der Waals surface area contributed by atoms with E-state index in [1.165, 1.54) is 6.92 Å². The van der Waals surface area contributed by atoms with E-state index in [1.807, 2.05) is 12.1 Å². The number of carbonyl (C=O) groups is 6. The Morgan fingerprint density at radius 2 is 1.65 bits per heavy atom. The average Bonchev–Trinajstić information content (AvgIpc) is 3.26. The molecule has 48 heavy (non-hydrogen) atoms. The first-order valence-corrected chi connectivity index (χ1v) is 17.0. The van der Waals surface area contributed by atoms with Gasteiger partial charge in [0, 0.05) is 48.3 Å². The van der Waals surface area contributed by atoms with Gasteiger partial charge < -0.3 is 25.0 Å². The lowest BCUT2D eigenvalue weighted by Gasteiger charge is -2.41. The Hall–Kier alpha value is -4.16. The number of amides is 6. The first-order valence-electron chi connectivity index (χ1n) is 17.0. The van der Waals surface area contributed by atoms with Gasteiger partial charge in [0.1, 0.15) is 11.6 Å². The lowest BCUT2D eigenvalue weighted by atomic mass is 9.78. The first-order chi connectivity index (χ1) is 22.5. The SMILES string of the molecule is CC(=O)NC1CCC([C@@H]2c3c(NCCCCOC(=O)N(C(=O)OC(C)(C)C)C(C)(C)C)cccc3C(=O)N2[C@@H]2CCC(=O)NC2=O)CC1. The van der Waals surface area contributed by atoms with Crippen molar-refractivity contribution in [1.29, 1.82) is 0 Å². The van der Waals surface area contributed by atoms with E-state index in [-0.39, 0.29) is 55.2 Å². The Bertz CT molecular complexity index is 1410. The summed E-state index contributed by atoms with van der Waals surface area (Å²) in [6, 6.07) is 4.49. The highest BCUT2D eigenvalue weighted by atomic mass is 16.6. The van der Waals surface area contributed by atoms with Crippen molar-refractivity contribution in [2.24, 2.45) is 5.92 Å². The highest BCUT2D eigenvalue weighted by Crippen LogP contribution is 2.48. The molecule has 0 unspecified atom stereocenters. The highest BCUT2D eigenvalue weighted by molar-refractivity contribution is 6.06. The van der Waals surface area contributed by atoms with Crippen molar-refractivity contribution in [3.63, 3.8) is 0 Å². The largest absolute Gasteiger partial charge is 0.449 e. The highest BCUT2D eigenvalue weighted by Gasteiger charge is 2.49. The van der Waals surface area contributed by atoms with Gasteiger partial charge in [-0.25, -0.2) is 14.5 Å². The minimum absolute atomic E-state index is 0.0590. The normalized spacial score (nSPS) is 22.8. The number of carbonyl (C=O) groups excluding carboxylic acids is 6. The van der Waals surface area contributed by atoms with Crippen molar-refractivity contribution < 1.29 is 38.2 Å². The number of rotatable bonds is 9. The molecular formula is C35H51N5O8. The fourth-order valence-electron chi connectivity index (χ4n) is 6.85. The van der Waals surface area contributed by atoms with Crippen LogP contribution in [0.3, 0.4) is 0 Å². The minimum atomic E-state index is -0.840. The molecule has 1 saturated heterocycles. The molecule has 2 heterocycles. The van der Waals surface area contributed by atoms with Crippen molar-refractivity contribution in [3.8, 4) is 0 Å². The maximum absolute atomic E-state index is 14.0. The summed E-state index contributed by atoms with van der Waals surface area (Å²) < 4.78 is 10.9. The van der Waals surface area contributed by atoms with E-state index in [0.717, 1.165) is 41.8 Å². The second-order valence-corrected chi connectivity index (χ2v) is 14.9. The van der Waals surface area contributed by atoms with Gasteiger partial charge in [0.15, 0.2) is 0 Å². The molecule has 3 aliphatic rings. The van der Waals surface area contributed by atoms with Crippen LogP contribution in [0.1, 0.15) is 122 Å². The number of anilines is 1. The summed E-state index contributed by atoms with van der Waals surface area (Å²) in [4.78, 5) is 78.9. The summed E-state index contributed by atoms with van der Waals surface area (Å²) >= 11 is 0. The van der Waals surface area contributed by atoms with Crippen LogP contribution in [0.15, 0.2) is 18.2 Å². The summed E-state index contributed by atoms with van der Waals surface area (Å²) in [5.74, 6) is -1.02. The van der Waals surface area contributed by atoms with Gasteiger partial charge in [-0.05, 0) is 105 Å². The predicted molar refractivity (Wildman–Crippen MR) is 178 cm³/mol. The number of hydrogen-bond acceptors (Lipinski definition) is 9. The molecule has 264 valence electrons. The standard InChI is InChI=1S/C35H51N5O8/c1-21(41)37-23-15-13-22(14-16-23)29-28-24(31(44)39(29)26-17-18-27(42)38-30(26)43)11-10-12-25(28)36-19-8-9-20-47-32(45)40(34(2,3)4)33(46)48-35(5,6)7/h10-12,22-23,26,29,36H,8-9,13-20H2,1-7H3,(H,37,41)(H,38,42,43)/t22?,23?,26-,29-/m1/s1. The third kappa shape index (κ3) is 8.84. The molecule has 1 aromatic rings. The van der Waals surface area contributed by atoms with E-state index in [0.29, 0.717) is 24.9 Å². The zero-order valence-corrected chi connectivity index (χ0v) is 29.3. The van der Waals surface area contributed by atoms with Crippen molar-refractivity contribution >= 4 is 41.5 Å². The molecule has 0 aromatic heterocycles. The smallest absolute Gasteiger partial charge is 0.420 e. The van der Waals surface area contributed by atoms with Crippen LogP contribution in [-0.2, 0) is 23.9 Å². The van der Waals surface area contributed by atoms with Gasteiger partial charge in [-0.1, -0.05) is 6.07 Å². The summed E-state index contributed by atoms with van der Waals surface area (Å²) in [7, 11) is 0. The molecule has 1 aliphatic carbocycles. The molecule has 2 fully saturated rings. The molecule has 3 N–H and O–H groups in total. The summed E-state index contributed by atoms with van der Waals surface area (Å²) in [6.45, 7) is 12.5. The fraction of sp³-hybridized carbons (Fsp3) is 0.657. The monoisotopic (exact) mass is 669 g/mol. The molecule has 13 heteroatoms. The van der Waals surface area contributed by atoms with Crippen LogP contribution < -0.4 is 16.0 Å². The molecular weight excluding hydrogens is 618 g/mol. The molecule has 1 saturated carbocycles. The van der Waals surface area contributed by atoms with Gasteiger partial charge in [0.2, 0.25) is 17.7 Å². The van der Waals surface area contributed by atoms with Gasteiger partial charge in [-0.2, -0.15) is 0 Å². The van der Waals surface area contributed by atoms with Crippen LogP contribution in [0.2, 0.25) is 0 Å². The Morgan fingerprint density at radius 1 is 0.958 bits per heavy atom. The van der Waals surface area contributed by atoms with E-state index in [9.17, 15) is 28.8 Å². The lowest BCUT2D eigenvalue weighted by Crippen LogP contribution is -2.54. The molecule has 2 aliphatic heterocycles. The molecule has 0 bridgehead atoms. The molecule has 0 spiro atoms. The first kappa shape index (κ1) is 36.7. The minimum Gasteiger partial charge on any atom is -0.449 e. The van der Waals surface area contributed by atoms with E-state index >= 15 is 0 Å².